The molecule has 66 valence electrons. The van der Waals surface area contributed by atoms with Crippen LogP contribution in [0.3, 0.4) is 0 Å². The minimum Gasteiger partial charge on any atom is -0.317 e. The predicted molar refractivity (Wildman–Crippen MR) is 51.8 cm³/mol. The summed E-state index contributed by atoms with van der Waals surface area (Å²) in [7, 11) is 0. The highest BCUT2D eigenvalue weighted by Gasteiger charge is 1.91. The molecule has 0 aromatic rings. The van der Waals surface area contributed by atoms with Crippen molar-refractivity contribution in [2.75, 3.05) is 13.1 Å². The van der Waals surface area contributed by atoms with Crippen LogP contribution in [0.5, 0.6) is 0 Å². The van der Waals surface area contributed by atoms with E-state index in [0.29, 0.717) is 0 Å². The van der Waals surface area contributed by atoms with E-state index < -0.39 is 0 Å². The summed E-state index contributed by atoms with van der Waals surface area (Å²) in [6.45, 7) is 10.5. The zero-order valence-electron chi connectivity index (χ0n) is 7.90. The molecule has 1 heteroatoms. The van der Waals surface area contributed by atoms with E-state index in [1.807, 2.05) is 6.08 Å². The van der Waals surface area contributed by atoms with Gasteiger partial charge in [0.25, 0.3) is 0 Å². The topological polar surface area (TPSA) is 12.0 Å². The lowest BCUT2D eigenvalue weighted by Gasteiger charge is -2.05. The Labute approximate surface area is 70.9 Å². The number of nitrogens with one attached hydrogen (secondary N) is 1. The van der Waals surface area contributed by atoms with Crippen LogP contribution in [0.25, 0.3) is 0 Å². The highest BCUT2D eigenvalue weighted by atomic mass is 14.8. The molecule has 0 radical (unpaired) electrons. The van der Waals surface area contributed by atoms with Crippen molar-refractivity contribution in [2.45, 2.75) is 33.1 Å². The fraction of sp³-hybridized carbons (Fsp3) is 0.800. The summed E-state index contributed by atoms with van der Waals surface area (Å²) in [6.07, 6.45) is 5.62. The van der Waals surface area contributed by atoms with Crippen molar-refractivity contribution in [3.63, 3.8) is 0 Å². The summed E-state index contributed by atoms with van der Waals surface area (Å²) < 4.78 is 0. The van der Waals surface area contributed by atoms with Crippen molar-refractivity contribution in [2.24, 2.45) is 5.92 Å². The van der Waals surface area contributed by atoms with Gasteiger partial charge in [-0.05, 0) is 38.3 Å². The first-order chi connectivity index (χ1) is 5.27. The minimum atomic E-state index is 0.821. The largest absolute Gasteiger partial charge is 0.317 e. The maximum atomic E-state index is 3.68. The molecule has 0 unspecified atom stereocenters. The summed E-state index contributed by atoms with van der Waals surface area (Å²) in [4.78, 5) is 0. The molecule has 0 saturated carbocycles. The zero-order chi connectivity index (χ0) is 8.53. The van der Waals surface area contributed by atoms with Crippen LogP contribution in [0, 0.1) is 5.92 Å². The van der Waals surface area contributed by atoms with Crippen molar-refractivity contribution >= 4 is 0 Å². The second kappa shape index (κ2) is 7.80. The molecule has 0 aliphatic heterocycles. The second-order valence-electron chi connectivity index (χ2n) is 3.36. The first-order valence-corrected chi connectivity index (χ1v) is 4.59. The van der Waals surface area contributed by atoms with E-state index in [1.165, 1.54) is 12.8 Å². The first kappa shape index (κ1) is 10.7. The van der Waals surface area contributed by atoms with Crippen molar-refractivity contribution < 1.29 is 0 Å². The fourth-order valence-electron chi connectivity index (χ4n) is 0.887. The Morgan fingerprint density at radius 2 is 2.09 bits per heavy atom. The Balaban J connectivity index is 2.85. The van der Waals surface area contributed by atoms with E-state index in [2.05, 4.69) is 25.7 Å². The van der Waals surface area contributed by atoms with Gasteiger partial charge in [0.15, 0.2) is 0 Å². The maximum Gasteiger partial charge on any atom is -0.00460 e. The maximum absolute atomic E-state index is 3.68. The average Bonchev–Trinajstić information content (AvgIpc) is 1.96. The van der Waals surface area contributed by atoms with Crippen LogP contribution in [-0.2, 0) is 0 Å². The van der Waals surface area contributed by atoms with Gasteiger partial charge in [-0.25, -0.2) is 0 Å². The Bertz CT molecular complexity index is 86.9. The number of unbranched alkanes of at least 4 members (excludes halogenated alkanes) is 1. The molecule has 0 spiro atoms. The SMILES string of the molecule is C=CCCCNCCC(C)C. The molecule has 0 aliphatic carbocycles. The molecule has 1 nitrogen and oxygen atoms in total. The van der Waals surface area contributed by atoms with Gasteiger partial charge in [-0.15, -0.1) is 6.58 Å². The molecule has 0 aromatic carbocycles. The van der Waals surface area contributed by atoms with Gasteiger partial charge in [0.05, 0.1) is 0 Å². The van der Waals surface area contributed by atoms with Crippen LogP contribution in [-0.4, -0.2) is 13.1 Å². The zero-order valence-corrected chi connectivity index (χ0v) is 7.90. The molecule has 0 saturated heterocycles. The third-order valence-corrected chi connectivity index (χ3v) is 1.66. The number of rotatable bonds is 7. The Hall–Kier alpha value is -0.300. The normalized spacial score (nSPS) is 10.5. The van der Waals surface area contributed by atoms with Crippen LogP contribution in [0.15, 0.2) is 12.7 Å². The lowest BCUT2D eigenvalue weighted by Crippen LogP contribution is -2.17. The van der Waals surface area contributed by atoms with Crippen molar-refractivity contribution in [3.05, 3.63) is 12.7 Å². The molecule has 1 N–H and O–H groups in total. The molecule has 0 atom stereocenters. The smallest absolute Gasteiger partial charge is 0.00460 e. The third kappa shape index (κ3) is 9.70. The minimum absolute atomic E-state index is 0.821. The molecule has 0 fully saturated rings. The van der Waals surface area contributed by atoms with Gasteiger partial charge >= 0.3 is 0 Å². The second-order valence-corrected chi connectivity index (χ2v) is 3.36. The van der Waals surface area contributed by atoms with Crippen molar-refractivity contribution in [1.29, 1.82) is 0 Å². The summed E-state index contributed by atoms with van der Waals surface area (Å²) in [5.74, 6) is 0.821. The van der Waals surface area contributed by atoms with Crippen LogP contribution in [0.4, 0.5) is 0 Å². The van der Waals surface area contributed by atoms with Crippen molar-refractivity contribution in [3.8, 4) is 0 Å². The van der Waals surface area contributed by atoms with Crippen LogP contribution < -0.4 is 5.32 Å². The van der Waals surface area contributed by atoms with Gasteiger partial charge in [0.2, 0.25) is 0 Å². The molecular formula is C10H21N. The van der Waals surface area contributed by atoms with Gasteiger partial charge in [-0.2, -0.15) is 0 Å². The number of allylic oxidation sites excluding steroid dienone is 1. The molecule has 0 bridgehead atoms. The fourth-order valence-corrected chi connectivity index (χ4v) is 0.887. The molecule has 11 heavy (non-hydrogen) atoms. The standard InChI is InChI=1S/C10H21N/c1-4-5-6-8-11-9-7-10(2)3/h4,10-11H,1,5-9H2,2-3H3. The number of hydrogen-bond acceptors (Lipinski definition) is 1. The lowest BCUT2D eigenvalue weighted by atomic mass is 10.1. The van der Waals surface area contributed by atoms with Gasteiger partial charge < -0.3 is 5.32 Å². The van der Waals surface area contributed by atoms with Crippen molar-refractivity contribution in [1.82, 2.24) is 5.32 Å². The monoisotopic (exact) mass is 155 g/mol. The Kier molecular flexibility index (Phi) is 7.59. The first-order valence-electron chi connectivity index (χ1n) is 4.59. The molecule has 0 aromatic heterocycles. The number of hydrogen-bond donors (Lipinski definition) is 1. The summed E-state index contributed by atoms with van der Waals surface area (Å²) in [5, 5.41) is 3.40. The van der Waals surface area contributed by atoms with Crippen LogP contribution >= 0.6 is 0 Å². The van der Waals surface area contributed by atoms with Gasteiger partial charge in [-0.3, -0.25) is 0 Å². The Morgan fingerprint density at radius 1 is 1.36 bits per heavy atom. The van der Waals surface area contributed by atoms with E-state index in [1.54, 1.807) is 0 Å². The summed E-state index contributed by atoms with van der Waals surface area (Å²) in [6, 6.07) is 0. The van der Waals surface area contributed by atoms with E-state index in [9.17, 15) is 0 Å². The molecule has 0 aliphatic rings. The van der Waals surface area contributed by atoms with E-state index in [4.69, 9.17) is 0 Å². The van der Waals surface area contributed by atoms with E-state index >= 15 is 0 Å². The molecule has 0 heterocycles. The van der Waals surface area contributed by atoms with Crippen LogP contribution in [0.2, 0.25) is 0 Å². The van der Waals surface area contributed by atoms with E-state index in [-0.39, 0.29) is 0 Å². The third-order valence-electron chi connectivity index (χ3n) is 1.66. The van der Waals surface area contributed by atoms with Gasteiger partial charge in [-0.1, -0.05) is 19.9 Å². The lowest BCUT2D eigenvalue weighted by molar-refractivity contribution is 0.533. The average molecular weight is 155 g/mol. The van der Waals surface area contributed by atoms with Crippen LogP contribution in [0.1, 0.15) is 33.1 Å². The highest BCUT2D eigenvalue weighted by Crippen LogP contribution is 1.96. The van der Waals surface area contributed by atoms with Gasteiger partial charge in [0, 0.05) is 0 Å². The summed E-state index contributed by atoms with van der Waals surface area (Å²) in [5.41, 5.74) is 0. The predicted octanol–water partition coefficient (Wildman–Crippen LogP) is 2.59. The van der Waals surface area contributed by atoms with Gasteiger partial charge in [0.1, 0.15) is 0 Å². The highest BCUT2D eigenvalue weighted by molar-refractivity contribution is 4.66. The molecule has 0 amide bonds. The quantitative estimate of drug-likeness (QED) is 0.440. The Morgan fingerprint density at radius 3 is 2.64 bits per heavy atom. The summed E-state index contributed by atoms with van der Waals surface area (Å²) >= 11 is 0. The van der Waals surface area contributed by atoms with E-state index in [0.717, 1.165) is 25.4 Å². The molecular weight excluding hydrogens is 134 g/mol. The molecule has 0 rings (SSSR count).